The van der Waals surface area contributed by atoms with Crippen LogP contribution in [0.3, 0.4) is 0 Å². The summed E-state index contributed by atoms with van der Waals surface area (Å²) in [5.41, 5.74) is 4.24. The lowest BCUT2D eigenvalue weighted by atomic mass is 10.0. The van der Waals surface area contributed by atoms with Crippen molar-refractivity contribution in [3.63, 3.8) is 0 Å². The molecule has 1 saturated carbocycles. The molecule has 0 radical (unpaired) electrons. The van der Waals surface area contributed by atoms with Crippen LogP contribution in [0.25, 0.3) is 10.2 Å². The number of carbonyl (C=O) groups excluding carboxylic acids is 2. The van der Waals surface area contributed by atoms with E-state index in [4.69, 9.17) is 15.0 Å². The van der Waals surface area contributed by atoms with Crippen LogP contribution in [0.4, 0.5) is 9.18 Å². The molecule has 0 spiro atoms. The number of primary amides is 1. The van der Waals surface area contributed by atoms with Crippen molar-refractivity contribution in [2.75, 3.05) is 13.1 Å². The second-order valence-electron chi connectivity index (χ2n) is 8.07. The molecule has 31 heavy (non-hydrogen) atoms. The summed E-state index contributed by atoms with van der Waals surface area (Å²) < 4.78 is 24.9. The van der Waals surface area contributed by atoms with Gasteiger partial charge in [0.1, 0.15) is 21.9 Å². The number of halogens is 1. The van der Waals surface area contributed by atoms with Gasteiger partial charge in [0.05, 0.1) is 4.70 Å². The summed E-state index contributed by atoms with van der Waals surface area (Å²) in [4.78, 5) is 29.4. The number of hydrogen-bond donors (Lipinski definition) is 2. The van der Waals surface area contributed by atoms with Crippen molar-refractivity contribution in [1.29, 1.82) is 0 Å². The van der Waals surface area contributed by atoms with Gasteiger partial charge in [-0.05, 0) is 36.8 Å². The highest BCUT2D eigenvalue weighted by Gasteiger charge is 2.51. The Morgan fingerprint density at radius 2 is 2.10 bits per heavy atom. The van der Waals surface area contributed by atoms with Gasteiger partial charge in [0, 0.05) is 19.2 Å². The third-order valence-electron chi connectivity index (χ3n) is 5.95. The van der Waals surface area contributed by atoms with E-state index in [1.807, 2.05) is 0 Å². The lowest BCUT2D eigenvalue weighted by Gasteiger charge is -2.23. The molecule has 11 heteroatoms. The van der Waals surface area contributed by atoms with Gasteiger partial charge in [0.15, 0.2) is 18.1 Å². The Bertz CT molecular complexity index is 1160. The van der Waals surface area contributed by atoms with E-state index in [-0.39, 0.29) is 35.4 Å². The summed E-state index contributed by atoms with van der Waals surface area (Å²) in [6, 6.07) is 6.10. The average molecular weight is 446 g/mol. The highest BCUT2D eigenvalue weighted by molar-refractivity contribution is 7.18. The number of carbonyl (C=O) groups is 2. The Labute approximate surface area is 179 Å². The van der Waals surface area contributed by atoms with E-state index >= 15 is 0 Å². The molecule has 9 nitrogen and oxygen atoms in total. The zero-order chi connectivity index (χ0) is 21.8. The van der Waals surface area contributed by atoms with Gasteiger partial charge < -0.3 is 25.0 Å². The maximum absolute atomic E-state index is 14.0. The predicted octanol–water partition coefficient (Wildman–Crippen LogP) is 2.39. The second kappa shape index (κ2) is 7.27. The van der Waals surface area contributed by atoms with Gasteiger partial charge in [-0.25, -0.2) is 14.2 Å². The van der Waals surface area contributed by atoms with Crippen LogP contribution in [0.1, 0.15) is 34.1 Å². The van der Waals surface area contributed by atoms with Crippen molar-refractivity contribution in [1.82, 2.24) is 15.0 Å². The summed E-state index contributed by atoms with van der Waals surface area (Å²) in [6.45, 7) is 0.744. The minimum Gasteiger partial charge on any atom is -0.441 e. The van der Waals surface area contributed by atoms with E-state index in [0.717, 1.165) is 0 Å². The molecule has 2 aromatic heterocycles. The molecule has 3 aromatic rings. The highest BCUT2D eigenvalue weighted by Crippen LogP contribution is 2.50. The zero-order valence-corrected chi connectivity index (χ0v) is 17.1. The maximum Gasteiger partial charge on any atom is 0.410 e. The van der Waals surface area contributed by atoms with Crippen LogP contribution in [0, 0.1) is 17.7 Å². The topological polar surface area (TPSA) is 132 Å². The Kier molecular flexibility index (Phi) is 4.67. The minimum absolute atomic E-state index is 0.0317. The molecule has 1 aliphatic heterocycles. The number of hydrogen-bond acceptors (Lipinski definition) is 8. The molecule has 1 aliphatic carbocycles. The lowest BCUT2D eigenvalue weighted by molar-refractivity contribution is 0.0294. The number of nitrogens with two attached hydrogens (primary N) is 1. The first-order valence-electron chi connectivity index (χ1n) is 9.77. The van der Waals surface area contributed by atoms with Crippen LogP contribution >= 0.6 is 11.3 Å². The van der Waals surface area contributed by atoms with Crippen molar-refractivity contribution >= 4 is 33.6 Å². The van der Waals surface area contributed by atoms with Crippen LogP contribution in [-0.2, 0) is 16.9 Å². The smallest absolute Gasteiger partial charge is 0.410 e. The first-order valence-corrected chi connectivity index (χ1v) is 10.6. The Balaban J connectivity index is 1.21. The summed E-state index contributed by atoms with van der Waals surface area (Å²) in [6.07, 6.45) is 0.400. The van der Waals surface area contributed by atoms with E-state index in [1.54, 1.807) is 17.0 Å². The molecule has 0 bridgehead atoms. The van der Waals surface area contributed by atoms with Crippen LogP contribution < -0.4 is 5.73 Å². The van der Waals surface area contributed by atoms with E-state index < -0.39 is 23.4 Å². The van der Waals surface area contributed by atoms with E-state index in [0.29, 0.717) is 35.6 Å². The summed E-state index contributed by atoms with van der Waals surface area (Å²) >= 11 is 1.31. The van der Waals surface area contributed by atoms with Gasteiger partial charge in [-0.1, -0.05) is 11.2 Å². The van der Waals surface area contributed by atoms with Crippen molar-refractivity contribution in [2.24, 2.45) is 17.6 Å². The number of aliphatic hydroxyl groups is 1. The van der Waals surface area contributed by atoms with Gasteiger partial charge in [-0.15, -0.1) is 11.3 Å². The van der Waals surface area contributed by atoms with Crippen molar-refractivity contribution in [2.45, 2.75) is 25.0 Å². The molecule has 1 saturated heterocycles. The van der Waals surface area contributed by atoms with Gasteiger partial charge in [0.2, 0.25) is 0 Å². The summed E-state index contributed by atoms with van der Waals surface area (Å²) in [7, 11) is 0. The van der Waals surface area contributed by atoms with Gasteiger partial charge in [-0.3, -0.25) is 4.79 Å². The molecule has 2 fully saturated rings. The second-order valence-corrected chi connectivity index (χ2v) is 9.10. The quantitative estimate of drug-likeness (QED) is 0.629. The van der Waals surface area contributed by atoms with Crippen molar-refractivity contribution in [3.8, 4) is 0 Å². The SMILES string of the molecule is NC(=O)c1cc(COC(=O)N2C[C@@H]3CC(O)(c4nc5c(F)cccc5s4)C[C@@H]3C2)on1. The van der Waals surface area contributed by atoms with Crippen LogP contribution in [0.2, 0.25) is 0 Å². The Morgan fingerprint density at radius 3 is 2.74 bits per heavy atom. The van der Waals surface area contributed by atoms with Gasteiger partial charge >= 0.3 is 6.09 Å². The van der Waals surface area contributed by atoms with Crippen molar-refractivity contribution < 1.29 is 28.3 Å². The van der Waals surface area contributed by atoms with Crippen LogP contribution in [0.15, 0.2) is 28.8 Å². The fourth-order valence-electron chi connectivity index (χ4n) is 4.51. The monoisotopic (exact) mass is 446 g/mol. The largest absolute Gasteiger partial charge is 0.441 e. The van der Waals surface area contributed by atoms with Crippen LogP contribution in [-0.4, -0.2) is 45.2 Å². The van der Waals surface area contributed by atoms with E-state index in [9.17, 15) is 19.1 Å². The number of fused-ring (bicyclic) bond motifs is 2. The summed E-state index contributed by atoms with van der Waals surface area (Å²) in [5, 5.41) is 15.2. The number of aromatic nitrogens is 2. The lowest BCUT2D eigenvalue weighted by Crippen LogP contribution is -2.32. The van der Waals surface area contributed by atoms with Crippen LogP contribution in [0.5, 0.6) is 0 Å². The predicted molar refractivity (Wildman–Crippen MR) is 106 cm³/mol. The molecule has 3 heterocycles. The molecule has 1 unspecified atom stereocenters. The Hall–Kier alpha value is -3.05. The number of amides is 2. The third kappa shape index (κ3) is 3.53. The molecule has 5 rings (SSSR count). The average Bonchev–Trinajstić information content (AvgIpc) is 3.48. The first kappa shape index (κ1) is 19.9. The summed E-state index contributed by atoms with van der Waals surface area (Å²) in [5.74, 6) is -0.705. The third-order valence-corrected chi connectivity index (χ3v) is 7.17. The standard InChI is InChI=1S/C20H19FN4O5S/c21-13-2-1-3-15-16(13)23-18(31-15)20(28)5-10-7-25(8-11(10)6-20)19(27)29-9-12-4-14(17(22)26)24-30-12/h1-4,10-11,28H,5-9H2,(H2,22,26)/t10-,11+,20?. The highest BCUT2D eigenvalue weighted by atomic mass is 32.1. The molecule has 2 aliphatic rings. The molecule has 3 atom stereocenters. The first-order chi connectivity index (χ1) is 14.8. The number of ether oxygens (including phenoxy) is 1. The fraction of sp³-hybridized carbons (Fsp3) is 0.400. The van der Waals surface area contributed by atoms with Gasteiger partial charge in [0.25, 0.3) is 5.91 Å². The molecule has 162 valence electrons. The number of nitrogens with zero attached hydrogens (tertiary/aromatic N) is 3. The number of likely N-dealkylation sites (tertiary alicyclic amines) is 1. The number of benzene rings is 1. The fourth-order valence-corrected chi connectivity index (χ4v) is 5.60. The molecule has 2 amide bonds. The maximum atomic E-state index is 14.0. The number of rotatable bonds is 4. The molecule has 3 N–H and O–H groups in total. The van der Waals surface area contributed by atoms with Crippen molar-refractivity contribution in [3.05, 3.63) is 46.5 Å². The van der Waals surface area contributed by atoms with Gasteiger partial charge in [-0.2, -0.15) is 0 Å². The number of para-hydroxylation sites is 1. The molecular formula is C20H19FN4O5S. The van der Waals surface area contributed by atoms with E-state index in [2.05, 4.69) is 10.1 Å². The number of thiazole rings is 1. The van der Waals surface area contributed by atoms with E-state index in [1.165, 1.54) is 23.5 Å². The zero-order valence-electron chi connectivity index (χ0n) is 16.3. The minimum atomic E-state index is -1.12. The molecular weight excluding hydrogens is 427 g/mol. The Morgan fingerprint density at radius 1 is 1.35 bits per heavy atom. The normalized spacial score (nSPS) is 25.2. The molecule has 1 aromatic carbocycles.